The van der Waals surface area contributed by atoms with Crippen molar-refractivity contribution in [3.63, 3.8) is 0 Å². The van der Waals surface area contributed by atoms with E-state index in [1.54, 1.807) is 6.92 Å². The zero-order valence-electron chi connectivity index (χ0n) is 9.91. The number of carbonyl (C=O) groups is 2. The quantitative estimate of drug-likeness (QED) is 0.867. The molecule has 0 saturated heterocycles. The molecule has 0 aliphatic carbocycles. The first-order valence-corrected chi connectivity index (χ1v) is 5.10. The Kier molecular flexibility index (Phi) is 4.20. The third kappa shape index (κ3) is 3.27. The van der Waals surface area contributed by atoms with Gasteiger partial charge in [-0.15, -0.1) is 0 Å². The number of benzene rings is 1. The maximum Gasteiger partial charge on any atom is 0.254 e. The predicted molar refractivity (Wildman–Crippen MR) is 60.6 cm³/mol. The lowest BCUT2D eigenvalue weighted by molar-refractivity contribution is -0.118. The molecule has 1 N–H and O–H groups in total. The molecule has 1 atom stereocenters. The third-order valence-corrected chi connectivity index (χ3v) is 2.38. The van der Waals surface area contributed by atoms with Crippen molar-refractivity contribution in [2.45, 2.75) is 19.9 Å². The van der Waals surface area contributed by atoms with Gasteiger partial charge in [0.1, 0.15) is 11.6 Å². The van der Waals surface area contributed by atoms with Crippen molar-refractivity contribution < 1.29 is 18.7 Å². The molecule has 1 aromatic rings. The molecule has 92 valence electrons. The van der Waals surface area contributed by atoms with Crippen LogP contribution in [0.5, 0.6) is 5.75 Å². The highest BCUT2D eigenvalue weighted by atomic mass is 19.1. The minimum atomic E-state index is -0.683. The third-order valence-electron chi connectivity index (χ3n) is 2.38. The first-order chi connectivity index (χ1) is 7.95. The van der Waals surface area contributed by atoms with Crippen molar-refractivity contribution >= 4 is 11.7 Å². The van der Waals surface area contributed by atoms with Crippen molar-refractivity contribution in [3.8, 4) is 5.75 Å². The van der Waals surface area contributed by atoms with Gasteiger partial charge in [0.05, 0.1) is 18.7 Å². The smallest absolute Gasteiger partial charge is 0.254 e. The van der Waals surface area contributed by atoms with Gasteiger partial charge in [-0.2, -0.15) is 0 Å². The van der Waals surface area contributed by atoms with Crippen LogP contribution in [-0.2, 0) is 4.79 Å². The Morgan fingerprint density at radius 3 is 2.53 bits per heavy atom. The molecule has 5 heteroatoms. The Hall–Kier alpha value is -1.91. The number of carbonyl (C=O) groups excluding carboxylic acids is 2. The largest absolute Gasteiger partial charge is 0.497 e. The average Bonchev–Trinajstić information content (AvgIpc) is 2.28. The number of amides is 1. The summed E-state index contributed by atoms with van der Waals surface area (Å²) in [5.41, 5.74) is -0.112. The number of rotatable bonds is 4. The van der Waals surface area contributed by atoms with Crippen LogP contribution in [0.2, 0.25) is 0 Å². The Bertz CT molecular complexity index is 445. The van der Waals surface area contributed by atoms with E-state index in [1.807, 2.05) is 0 Å². The molecule has 0 aliphatic rings. The van der Waals surface area contributed by atoms with E-state index in [4.69, 9.17) is 4.74 Å². The summed E-state index contributed by atoms with van der Waals surface area (Å²) in [4.78, 5) is 22.6. The van der Waals surface area contributed by atoms with Crippen LogP contribution in [0.1, 0.15) is 24.2 Å². The van der Waals surface area contributed by atoms with E-state index in [-0.39, 0.29) is 11.3 Å². The molecule has 1 amide bonds. The van der Waals surface area contributed by atoms with Crippen LogP contribution in [0.3, 0.4) is 0 Å². The van der Waals surface area contributed by atoms with E-state index < -0.39 is 17.8 Å². The molecular weight excluding hydrogens is 225 g/mol. The standard InChI is InChI=1S/C12H14FNO3/c1-7(8(2)15)14-12(16)10-5-4-9(17-3)6-11(10)13/h4-7H,1-3H3,(H,14,16). The Morgan fingerprint density at radius 2 is 2.06 bits per heavy atom. The average molecular weight is 239 g/mol. The lowest BCUT2D eigenvalue weighted by Crippen LogP contribution is -2.37. The number of ketones is 1. The summed E-state index contributed by atoms with van der Waals surface area (Å²) in [6.07, 6.45) is 0. The van der Waals surface area contributed by atoms with Crippen molar-refractivity contribution in [2.24, 2.45) is 0 Å². The fourth-order valence-electron chi connectivity index (χ4n) is 1.18. The van der Waals surface area contributed by atoms with E-state index in [9.17, 15) is 14.0 Å². The monoisotopic (exact) mass is 239 g/mol. The topological polar surface area (TPSA) is 55.4 Å². The molecule has 0 saturated carbocycles. The molecule has 0 fully saturated rings. The molecule has 0 bridgehead atoms. The van der Waals surface area contributed by atoms with Gasteiger partial charge in [-0.1, -0.05) is 0 Å². The number of ether oxygens (including phenoxy) is 1. The van der Waals surface area contributed by atoms with Gasteiger partial charge >= 0.3 is 0 Å². The lowest BCUT2D eigenvalue weighted by atomic mass is 10.1. The fraction of sp³-hybridized carbons (Fsp3) is 0.333. The number of hydrogen-bond acceptors (Lipinski definition) is 3. The fourth-order valence-corrected chi connectivity index (χ4v) is 1.18. The second-order valence-corrected chi connectivity index (χ2v) is 3.65. The van der Waals surface area contributed by atoms with Gasteiger partial charge in [0.15, 0.2) is 5.78 Å². The highest BCUT2D eigenvalue weighted by Gasteiger charge is 2.16. The van der Waals surface area contributed by atoms with E-state index in [2.05, 4.69) is 5.32 Å². The Labute approximate surface area is 98.8 Å². The molecule has 0 radical (unpaired) electrons. The summed E-state index contributed by atoms with van der Waals surface area (Å²) in [7, 11) is 1.41. The van der Waals surface area contributed by atoms with Crippen LogP contribution in [0.4, 0.5) is 4.39 Å². The zero-order chi connectivity index (χ0) is 13.0. The van der Waals surface area contributed by atoms with Crippen LogP contribution in [0, 0.1) is 5.82 Å². The molecule has 1 rings (SSSR count). The van der Waals surface area contributed by atoms with Crippen LogP contribution in [-0.4, -0.2) is 24.8 Å². The van der Waals surface area contributed by atoms with Gasteiger partial charge in [0.2, 0.25) is 0 Å². The van der Waals surface area contributed by atoms with Crippen LogP contribution in [0.25, 0.3) is 0 Å². The highest BCUT2D eigenvalue weighted by molar-refractivity contribution is 5.97. The molecular formula is C12H14FNO3. The van der Waals surface area contributed by atoms with Gasteiger partial charge in [-0.3, -0.25) is 9.59 Å². The molecule has 1 aromatic carbocycles. The summed E-state index contributed by atoms with van der Waals surface area (Å²) >= 11 is 0. The summed E-state index contributed by atoms with van der Waals surface area (Å²) < 4.78 is 18.3. The molecule has 0 heterocycles. The van der Waals surface area contributed by atoms with E-state index in [1.165, 1.54) is 26.2 Å². The van der Waals surface area contributed by atoms with Crippen molar-refractivity contribution in [3.05, 3.63) is 29.6 Å². The SMILES string of the molecule is COc1ccc(C(=O)NC(C)C(C)=O)c(F)c1. The zero-order valence-corrected chi connectivity index (χ0v) is 9.91. The Balaban J connectivity index is 2.86. The molecule has 4 nitrogen and oxygen atoms in total. The van der Waals surface area contributed by atoms with Crippen molar-refractivity contribution in [1.29, 1.82) is 0 Å². The number of hydrogen-bond donors (Lipinski definition) is 1. The number of Topliss-reactive ketones (excluding diaryl/α,β-unsaturated/α-hetero) is 1. The van der Waals surface area contributed by atoms with Crippen LogP contribution in [0.15, 0.2) is 18.2 Å². The van der Waals surface area contributed by atoms with Crippen molar-refractivity contribution in [1.82, 2.24) is 5.32 Å². The van der Waals surface area contributed by atoms with Gasteiger partial charge in [-0.05, 0) is 26.0 Å². The van der Waals surface area contributed by atoms with Gasteiger partial charge in [-0.25, -0.2) is 4.39 Å². The molecule has 0 aliphatic heterocycles. The Morgan fingerprint density at radius 1 is 1.41 bits per heavy atom. The summed E-state index contributed by atoms with van der Waals surface area (Å²) in [5, 5.41) is 2.40. The first kappa shape index (κ1) is 13.2. The molecule has 0 spiro atoms. The van der Waals surface area contributed by atoms with Crippen molar-refractivity contribution in [2.75, 3.05) is 7.11 Å². The summed E-state index contributed by atoms with van der Waals surface area (Å²) in [6.45, 7) is 2.90. The number of halogens is 1. The lowest BCUT2D eigenvalue weighted by Gasteiger charge is -2.11. The second-order valence-electron chi connectivity index (χ2n) is 3.65. The van der Waals surface area contributed by atoms with E-state index in [0.29, 0.717) is 5.75 Å². The predicted octanol–water partition coefficient (Wildman–Crippen LogP) is 1.54. The molecule has 17 heavy (non-hydrogen) atoms. The number of methoxy groups -OCH3 is 1. The van der Waals surface area contributed by atoms with Crippen LogP contribution < -0.4 is 10.1 Å². The maximum absolute atomic E-state index is 13.5. The summed E-state index contributed by atoms with van der Waals surface area (Å²) in [5.74, 6) is -1.16. The van der Waals surface area contributed by atoms with Gasteiger partial charge in [0.25, 0.3) is 5.91 Å². The van der Waals surface area contributed by atoms with Gasteiger partial charge < -0.3 is 10.1 Å². The molecule has 1 unspecified atom stereocenters. The van der Waals surface area contributed by atoms with E-state index in [0.717, 1.165) is 6.07 Å². The van der Waals surface area contributed by atoms with Gasteiger partial charge in [0, 0.05) is 6.07 Å². The normalized spacial score (nSPS) is 11.8. The first-order valence-electron chi connectivity index (χ1n) is 5.10. The highest BCUT2D eigenvalue weighted by Crippen LogP contribution is 2.16. The molecule has 0 aromatic heterocycles. The second kappa shape index (κ2) is 5.43. The minimum absolute atomic E-state index is 0.112. The number of nitrogens with one attached hydrogen (secondary N) is 1. The minimum Gasteiger partial charge on any atom is -0.497 e. The van der Waals surface area contributed by atoms with E-state index >= 15 is 0 Å². The maximum atomic E-state index is 13.5. The van der Waals surface area contributed by atoms with Crippen LogP contribution >= 0.6 is 0 Å². The summed E-state index contributed by atoms with van der Waals surface area (Å²) in [6, 6.07) is 3.28.